The molecule has 0 aliphatic carbocycles. The van der Waals surface area contributed by atoms with Gasteiger partial charge >= 0.3 is 6.18 Å². The molecule has 1 rings (SSSR count). The lowest BCUT2D eigenvalue weighted by molar-refractivity contribution is -0.137. The minimum atomic E-state index is -4.59. The van der Waals surface area contributed by atoms with Crippen molar-refractivity contribution < 1.29 is 22.8 Å². The van der Waals surface area contributed by atoms with Gasteiger partial charge in [0.2, 0.25) is 0 Å². The first-order chi connectivity index (χ1) is 7.34. The summed E-state index contributed by atoms with van der Waals surface area (Å²) in [5, 5.41) is 10.8. The molecule has 0 saturated carbocycles. The van der Waals surface area contributed by atoms with E-state index < -0.39 is 17.6 Å². The lowest BCUT2D eigenvalue weighted by atomic mass is 10.1. The van der Waals surface area contributed by atoms with Gasteiger partial charge in [-0.25, -0.2) is 4.39 Å². The molecule has 0 unspecified atom stereocenters. The molecule has 0 fully saturated rings. The lowest BCUT2D eigenvalue weighted by Gasteiger charge is -2.08. The molecule has 0 aliphatic rings. The first-order valence-electron chi connectivity index (χ1n) is 4.16. The predicted molar refractivity (Wildman–Crippen MR) is 48.5 cm³/mol. The molecule has 16 heavy (non-hydrogen) atoms. The van der Waals surface area contributed by atoms with Gasteiger partial charge in [0, 0.05) is 6.42 Å². The zero-order valence-corrected chi connectivity index (χ0v) is 7.92. The number of hydrogen-bond donors (Lipinski definition) is 2. The molecular weight excluding hydrogens is 228 g/mol. The first-order valence-corrected chi connectivity index (χ1v) is 4.16. The molecule has 0 radical (unpaired) electrons. The largest absolute Gasteiger partial charge is 0.416 e. The smallest absolute Gasteiger partial charge is 0.409 e. The van der Waals surface area contributed by atoms with Crippen LogP contribution in [0.15, 0.2) is 23.4 Å². The number of oxime groups is 1. The summed E-state index contributed by atoms with van der Waals surface area (Å²) in [5.41, 5.74) is 3.97. The van der Waals surface area contributed by atoms with Gasteiger partial charge in [-0.15, -0.1) is 0 Å². The Labute approximate surface area is 88.2 Å². The lowest BCUT2D eigenvalue weighted by Crippen LogP contribution is -2.16. The molecule has 3 N–H and O–H groups in total. The average molecular weight is 236 g/mol. The maximum absolute atomic E-state index is 13.2. The summed E-state index contributed by atoms with van der Waals surface area (Å²) in [6.07, 6.45) is -4.84. The topological polar surface area (TPSA) is 58.6 Å². The van der Waals surface area contributed by atoms with Crippen molar-refractivity contribution >= 4 is 5.84 Å². The van der Waals surface area contributed by atoms with Crippen molar-refractivity contribution in [1.82, 2.24) is 0 Å². The highest BCUT2D eigenvalue weighted by atomic mass is 19.4. The van der Waals surface area contributed by atoms with Gasteiger partial charge in [-0.3, -0.25) is 0 Å². The maximum Gasteiger partial charge on any atom is 0.416 e. The highest BCUT2D eigenvalue weighted by molar-refractivity contribution is 5.82. The summed E-state index contributed by atoms with van der Waals surface area (Å²) >= 11 is 0. The second kappa shape index (κ2) is 4.38. The van der Waals surface area contributed by atoms with E-state index >= 15 is 0 Å². The fourth-order valence-corrected chi connectivity index (χ4v) is 1.10. The van der Waals surface area contributed by atoms with E-state index in [0.717, 1.165) is 12.1 Å². The van der Waals surface area contributed by atoms with Crippen LogP contribution in [0, 0.1) is 5.82 Å². The Morgan fingerprint density at radius 3 is 2.44 bits per heavy atom. The van der Waals surface area contributed by atoms with Crippen LogP contribution in [0.25, 0.3) is 0 Å². The molecule has 88 valence electrons. The summed E-state index contributed by atoms with van der Waals surface area (Å²) in [6, 6.07) is 2.07. The third-order valence-corrected chi connectivity index (χ3v) is 1.88. The molecule has 0 aliphatic heterocycles. The van der Waals surface area contributed by atoms with Crippen molar-refractivity contribution in [1.29, 1.82) is 0 Å². The van der Waals surface area contributed by atoms with Gasteiger partial charge in [0.1, 0.15) is 11.7 Å². The van der Waals surface area contributed by atoms with Crippen LogP contribution >= 0.6 is 0 Å². The van der Waals surface area contributed by atoms with Crippen LogP contribution in [0.5, 0.6) is 0 Å². The van der Waals surface area contributed by atoms with Crippen molar-refractivity contribution in [2.45, 2.75) is 12.6 Å². The van der Waals surface area contributed by atoms with Crippen LogP contribution in [-0.4, -0.2) is 11.0 Å². The zero-order valence-electron chi connectivity index (χ0n) is 7.92. The molecule has 0 spiro atoms. The Hall–Kier alpha value is -1.79. The maximum atomic E-state index is 13.2. The van der Waals surface area contributed by atoms with Crippen LogP contribution in [0.1, 0.15) is 11.1 Å². The van der Waals surface area contributed by atoms with Gasteiger partial charge in [-0.1, -0.05) is 11.2 Å². The Bertz CT molecular complexity index is 414. The van der Waals surface area contributed by atoms with Crippen LogP contribution in [0.3, 0.4) is 0 Å². The van der Waals surface area contributed by atoms with Crippen LogP contribution in [0.2, 0.25) is 0 Å². The molecule has 1 aromatic rings. The number of halogens is 4. The normalized spacial score (nSPS) is 12.9. The van der Waals surface area contributed by atoms with Gasteiger partial charge in [0.25, 0.3) is 0 Å². The number of alkyl halides is 3. The Kier molecular flexibility index (Phi) is 3.36. The fraction of sp³-hybridized carbons (Fsp3) is 0.222. The van der Waals surface area contributed by atoms with E-state index in [0.29, 0.717) is 6.07 Å². The highest BCUT2D eigenvalue weighted by Crippen LogP contribution is 2.30. The monoisotopic (exact) mass is 236 g/mol. The van der Waals surface area contributed by atoms with E-state index in [-0.39, 0.29) is 17.8 Å². The Morgan fingerprint density at radius 2 is 2.00 bits per heavy atom. The molecule has 7 heteroatoms. The summed E-state index contributed by atoms with van der Waals surface area (Å²) in [5.74, 6) is -1.32. The summed E-state index contributed by atoms with van der Waals surface area (Å²) < 4.78 is 49.7. The third-order valence-electron chi connectivity index (χ3n) is 1.88. The zero-order chi connectivity index (χ0) is 12.3. The van der Waals surface area contributed by atoms with Crippen LogP contribution < -0.4 is 5.73 Å². The fourth-order valence-electron chi connectivity index (χ4n) is 1.10. The van der Waals surface area contributed by atoms with E-state index in [2.05, 4.69) is 5.16 Å². The molecule has 1 aromatic carbocycles. The van der Waals surface area contributed by atoms with Crippen molar-refractivity contribution in [3.05, 3.63) is 35.1 Å². The predicted octanol–water partition coefficient (Wildman–Crippen LogP) is 2.13. The Morgan fingerprint density at radius 1 is 1.38 bits per heavy atom. The van der Waals surface area contributed by atoms with E-state index in [1.165, 1.54) is 0 Å². The van der Waals surface area contributed by atoms with E-state index in [1.54, 1.807) is 0 Å². The highest BCUT2D eigenvalue weighted by Gasteiger charge is 2.31. The molecular formula is C9H8F4N2O. The summed E-state index contributed by atoms with van der Waals surface area (Å²) in [4.78, 5) is 0. The summed E-state index contributed by atoms with van der Waals surface area (Å²) in [6.45, 7) is 0. The number of hydrogen-bond acceptors (Lipinski definition) is 2. The average Bonchev–Trinajstić information content (AvgIpc) is 2.19. The SMILES string of the molecule is NC(Cc1ccc(C(F)(F)F)cc1F)=NO. The quantitative estimate of drug-likeness (QED) is 0.272. The number of amidine groups is 1. The molecule has 0 saturated heterocycles. The minimum absolute atomic E-state index is 0.0664. The molecule has 3 nitrogen and oxygen atoms in total. The van der Waals surface area contributed by atoms with E-state index in [4.69, 9.17) is 10.9 Å². The van der Waals surface area contributed by atoms with Gasteiger partial charge < -0.3 is 10.9 Å². The number of benzene rings is 1. The minimum Gasteiger partial charge on any atom is -0.409 e. The van der Waals surface area contributed by atoms with Crippen molar-refractivity contribution in [3.63, 3.8) is 0 Å². The third kappa shape index (κ3) is 2.85. The number of nitrogens with zero attached hydrogens (tertiary/aromatic N) is 1. The van der Waals surface area contributed by atoms with Gasteiger partial charge in [-0.05, 0) is 17.7 Å². The van der Waals surface area contributed by atoms with Crippen LogP contribution in [0.4, 0.5) is 17.6 Å². The number of nitrogens with two attached hydrogens (primary N) is 1. The Balaban J connectivity index is 3.01. The first kappa shape index (κ1) is 12.3. The van der Waals surface area contributed by atoms with Crippen molar-refractivity contribution in [3.8, 4) is 0 Å². The molecule has 0 bridgehead atoms. The van der Waals surface area contributed by atoms with Gasteiger partial charge in [0.05, 0.1) is 5.56 Å². The van der Waals surface area contributed by atoms with Crippen LogP contribution in [-0.2, 0) is 12.6 Å². The standard InChI is InChI=1S/C9H8F4N2O/c10-7-4-6(9(11,12)13)2-1-5(7)3-8(14)15-16/h1-2,4,16H,3H2,(H2,14,15). The van der Waals surface area contributed by atoms with Crippen molar-refractivity contribution in [2.75, 3.05) is 0 Å². The van der Waals surface area contributed by atoms with E-state index in [9.17, 15) is 17.6 Å². The van der Waals surface area contributed by atoms with Crippen molar-refractivity contribution in [2.24, 2.45) is 10.9 Å². The molecule has 0 aromatic heterocycles. The number of rotatable bonds is 2. The van der Waals surface area contributed by atoms with E-state index in [1.807, 2.05) is 0 Å². The second-order valence-corrected chi connectivity index (χ2v) is 3.07. The molecule has 0 heterocycles. The second-order valence-electron chi connectivity index (χ2n) is 3.07. The molecule has 0 amide bonds. The molecule has 0 atom stereocenters. The summed E-state index contributed by atoms with van der Waals surface area (Å²) in [7, 11) is 0. The van der Waals surface area contributed by atoms with Gasteiger partial charge in [-0.2, -0.15) is 13.2 Å². The van der Waals surface area contributed by atoms with Gasteiger partial charge in [0.15, 0.2) is 0 Å².